The summed E-state index contributed by atoms with van der Waals surface area (Å²) in [6.07, 6.45) is -0.568. The molecule has 0 aliphatic carbocycles. The van der Waals surface area contributed by atoms with Crippen LogP contribution in [0.3, 0.4) is 0 Å². The van der Waals surface area contributed by atoms with Gasteiger partial charge < -0.3 is 20.1 Å². The molecule has 1 heterocycles. The summed E-state index contributed by atoms with van der Waals surface area (Å²) in [4.78, 5) is 39.4. The molecule has 3 aromatic carbocycles. The smallest absolute Gasteiger partial charge is 0.412 e. The number of carbonyl (C=O) groups excluding carboxylic acids is 3. The molecule has 0 radical (unpaired) electrons. The van der Waals surface area contributed by atoms with Gasteiger partial charge in [0, 0.05) is 17.9 Å². The highest BCUT2D eigenvalue weighted by Gasteiger charge is 2.37. The molecule has 1 saturated heterocycles. The molecule has 3 amide bonds. The van der Waals surface area contributed by atoms with Gasteiger partial charge in [0.05, 0.1) is 0 Å². The van der Waals surface area contributed by atoms with E-state index in [1.807, 2.05) is 51.1 Å². The van der Waals surface area contributed by atoms with Crippen LogP contribution in [-0.2, 0) is 14.3 Å². The lowest BCUT2D eigenvalue weighted by Crippen LogP contribution is -2.45. The van der Waals surface area contributed by atoms with E-state index in [1.54, 1.807) is 48.5 Å². The Kier molecular flexibility index (Phi) is 8.12. The third-order valence-electron chi connectivity index (χ3n) is 6.20. The van der Waals surface area contributed by atoms with Crippen LogP contribution < -0.4 is 10.6 Å². The summed E-state index contributed by atoms with van der Waals surface area (Å²) in [7, 11) is 0. The molecule has 8 nitrogen and oxygen atoms in total. The number of aliphatic hydroxyl groups excluding tert-OH is 1. The van der Waals surface area contributed by atoms with E-state index in [2.05, 4.69) is 10.6 Å². The second-order valence-corrected chi connectivity index (χ2v) is 10.3. The number of rotatable bonds is 6. The van der Waals surface area contributed by atoms with Crippen molar-refractivity contribution >= 4 is 29.3 Å². The number of ether oxygens (including phenoxy) is 1. The monoisotopic (exact) mass is 515 g/mol. The number of hydrogen-bond acceptors (Lipinski definition) is 5. The van der Waals surface area contributed by atoms with Gasteiger partial charge in [-0.15, -0.1) is 0 Å². The van der Waals surface area contributed by atoms with Crippen LogP contribution in [0, 0.1) is 0 Å². The summed E-state index contributed by atoms with van der Waals surface area (Å²) in [5.74, 6) is -0.741. The van der Waals surface area contributed by atoms with E-state index in [9.17, 15) is 19.5 Å². The Bertz CT molecular complexity index is 1270. The average molecular weight is 516 g/mol. The molecule has 3 N–H and O–H groups in total. The van der Waals surface area contributed by atoms with Gasteiger partial charge in [-0.3, -0.25) is 14.9 Å². The minimum absolute atomic E-state index is 0.276. The maximum atomic E-state index is 13.0. The van der Waals surface area contributed by atoms with Gasteiger partial charge in [0.1, 0.15) is 11.6 Å². The van der Waals surface area contributed by atoms with Gasteiger partial charge in [-0.05, 0) is 74.6 Å². The molecule has 8 heteroatoms. The topological polar surface area (TPSA) is 108 Å². The largest absolute Gasteiger partial charge is 0.444 e. The van der Waals surface area contributed by atoms with Gasteiger partial charge in [0.2, 0.25) is 5.91 Å². The zero-order chi connectivity index (χ0) is 27.3. The molecular weight excluding hydrogens is 482 g/mol. The van der Waals surface area contributed by atoms with Gasteiger partial charge in [0.15, 0.2) is 6.10 Å². The summed E-state index contributed by atoms with van der Waals surface area (Å²) in [5, 5.41) is 16.1. The lowest BCUT2D eigenvalue weighted by Gasteiger charge is -2.26. The Labute approximate surface area is 222 Å². The number of nitrogens with one attached hydrogen (secondary N) is 2. The van der Waals surface area contributed by atoms with Crippen molar-refractivity contribution in [3.8, 4) is 11.1 Å². The first-order chi connectivity index (χ1) is 18.1. The van der Waals surface area contributed by atoms with E-state index < -0.39 is 29.7 Å². The Morgan fingerprint density at radius 2 is 1.42 bits per heavy atom. The average Bonchev–Trinajstić information content (AvgIpc) is 3.38. The van der Waals surface area contributed by atoms with Gasteiger partial charge in [-0.1, -0.05) is 54.6 Å². The highest BCUT2D eigenvalue weighted by Crippen LogP contribution is 2.26. The van der Waals surface area contributed by atoms with Crippen molar-refractivity contribution < 1.29 is 24.2 Å². The molecule has 0 bridgehead atoms. The molecular formula is C30H33N3O5. The number of amides is 3. The van der Waals surface area contributed by atoms with Crippen LogP contribution in [0.15, 0.2) is 78.9 Å². The normalized spacial score (nSPS) is 16.0. The van der Waals surface area contributed by atoms with E-state index in [0.717, 1.165) is 11.1 Å². The second-order valence-electron chi connectivity index (χ2n) is 10.3. The molecule has 0 saturated carbocycles. The molecule has 4 rings (SSSR count). The first-order valence-electron chi connectivity index (χ1n) is 12.7. The molecule has 38 heavy (non-hydrogen) atoms. The minimum atomic E-state index is -1.30. The van der Waals surface area contributed by atoms with E-state index in [4.69, 9.17) is 4.74 Å². The van der Waals surface area contributed by atoms with E-state index in [0.29, 0.717) is 36.3 Å². The third-order valence-corrected chi connectivity index (χ3v) is 6.20. The predicted octanol–water partition coefficient (Wildman–Crippen LogP) is 5.36. The maximum absolute atomic E-state index is 13.0. The van der Waals surface area contributed by atoms with Crippen LogP contribution >= 0.6 is 0 Å². The number of aliphatic hydroxyl groups is 1. The minimum Gasteiger partial charge on any atom is -0.444 e. The highest BCUT2D eigenvalue weighted by atomic mass is 16.6. The van der Waals surface area contributed by atoms with Crippen molar-refractivity contribution in [2.75, 3.05) is 17.2 Å². The summed E-state index contributed by atoms with van der Waals surface area (Å²) in [6, 6.07) is 22.9. The van der Waals surface area contributed by atoms with Gasteiger partial charge in [-0.25, -0.2) is 4.79 Å². The first-order valence-corrected chi connectivity index (χ1v) is 12.7. The fourth-order valence-corrected chi connectivity index (χ4v) is 4.38. The van der Waals surface area contributed by atoms with Crippen LogP contribution in [-0.4, -0.2) is 46.1 Å². The number of likely N-dealkylation sites (tertiary alicyclic amines) is 1. The number of hydrogen-bond donors (Lipinski definition) is 3. The lowest BCUT2D eigenvalue weighted by atomic mass is 10.0. The van der Waals surface area contributed by atoms with E-state index >= 15 is 0 Å². The highest BCUT2D eigenvalue weighted by molar-refractivity contribution is 5.98. The quantitative estimate of drug-likeness (QED) is 0.409. The standard InChI is InChI=1S/C30H33N3O5/c1-30(2,3)38-29(37)32-24-17-13-21(14-18-24)20-11-15-23(16-12-20)31-27(35)25-10-7-19-33(25)28(36)26(34)22-8-5-4-6-9-22/h4-6,8-9,11-18,25-26,34H,7,10,19H2,1-3H3,(H,31,35)(H,32,37)/t25-,26+/m0/s1. The van der Waals surface area contributed by atoms with Crippen molar-refractivity contribution in [3.63, 3.8) is 0 Å². The van der Waals surface area contributed by atoms with Crippen molar-refractivity contribution in [2.45, 2.75) is 51.4 Å². The molecule has 0 unspecified atom stereocenters. The zero-order valence-corrected chi connectivity index (χ0v) is 21.8. The van der Waals surface area contributed by atoms with Crippen LogP contribution in [0.25, 0.3) is 11.1 Å². The SMILES string of the molecule is CC(C)(C)OC(=O)Nc1ccc(-c2ccc(NC(=O)[C@@H]3CCCN3C(=O)[C@H](O)c3ccccc3)cc2)cc1. The zero-order valence-electron chi connectivity index (χ0n) is 21.8. The summed E-state index contributed by atoms with van der Waals surface area (Å²) in [6.45, 7) is 5.85. The van der Waals surface area contributed by atoms with Gasteiger partial charge in [-0.2, -0.15) is 0 Å². The molecule has 1 aliphatic rings. The van der Waals surface area contributed by atoms with Crippen LogP contribution in [0.1, 0.15) is 45.3 Å². The third kappa shape index (κ3) is 6.77. The predicted molar refractivity (Wildman–Crippen MR) is 147 cm³/mol. The summed E-state index contributed by atoms with van der Waals surface area (Å²) in [5.41, 5.74) is 3.06. The van der Waals surface area contributed by atoms with E-state index in [1.165, 1.54) is 4.90 Å². The maximum Gasteiger partial charge on any atom is 0.412 e. The first kappa shape index (κ1) is 26.9. The van der Waals surface area contributed by atoms with Crippen molar-refractivity contribution in [3.05, 3.63) is 84.4 Å². The fourth-order valence-electron chi connectivity index (χ4n) is 4.38. The summed E-state index contributed by atoms with van der Waals surface area (Å²) >= 11 is 0. The Morgan fingerprint density at radius 3 is 1.97 bits per heavy atom. The van der Waals surface area contributed by atoms with Gasteiger partial charge in [0.25, 0.3) is 5.91 Å². The van der Waals surface area contributed by atoms with Crippen molar-refractivity contribution in [1.82, 2.24) is 4.90 Å². The molecule has 198 valence electrons. The Hall–Kier alpha value is -4.17. The number of carbonyl (C=O) groups is 3. The van der Waals surface area contributed by atoms with Gasteiger partial charge >= 0.3 is 6.09 Å². The lowest BCUT2D eigenvalue weighted by molar-refractivity contribution is -0.144. The molecule has 1 fully saturated rings. The Balaban J connectivity index is 1.36. The molecule has 3 aromatic rings. The summed E-state index contributed by atoms with van der Waals surface area (Å²) < 4.78 is 5.27. The number of nitrogens with zero attached hydrogens (tertiary/aromatic N) is 1. The Morgan fingerprint density at radius 1 is 0.868 bits per heavy atom. The van der Waals surface area contributed by atoms with Crippen LogP contribution in [0.4, 0.5) is 16.2 Å². The van der Waals surface area contributed by atoms with Crippen LogP contribution in [0.2, 0.25) is 0 Å². The van der Waals surface area contributed by atoms with Crippen molar-refractivity contribution in [2.24, 2.45) is 0 Å². The molecule has 2 atom stereocenters. The molecule has 0 spiro atoms. The fraction of sp³-hybridized carbons (Fsp3) is 0.300. The number of anilines is 2. The van der Waals surface area contributed by atoms with Crippen molar-refractivity contribution in [1.29, 1.82) is 0 Å². The second kappa shape index (κ2) is 11.5. The molecule has 0 aromatic heterocycles. The van der Waals surface area contributed by atoms with E-state index in [-0.39, 0.29) is 5.91 Å². The van der Waals surface area contributed by atoms with Crippen LogP contribution in [0.5, 0.6) is 0 Å². The molecule has 1 aliphatic heterocycles. The number of benzene rings is 3.